The predicted octanol–water partition coefficient (Wildman–Crippen LogP) is 0.145. The van der Waals surface area contributed by atoms with E-state index >= 15 is 0 Å². The lowest BCUT2D eigenvalue weighted by molar-refractivity contribution is 0.342. The molecule has 0 bridgehead atoms. The van der Waals surface area contributed by atoms with Crippen molar-refractivity contribution in [2.24, 2.45) is 0 Å². The van der Waals surface area contributed by atoms with Crippen LogP contribution in [-0.2, 0) is 14.3 Å². The zero-order valence-electron chi connectivity index (χ0n) is 5.05. The Balaban J connectivity index is 0. The van der Waals surface area contributed by atoms with Crippen LogP contribution in [-0.4, -0.2) is 21.3 Å². The average Bonchev–Trinajstić information content (AvgIpc) is 1.30. The number of hydrogen-bond donors (Lipinski definition) is 1. The molecular formula is C3H11NO3S. The van der Waals surface area contributed by atoms with Crippen LogP contribution in [0.4, 0.5) is 0 Å². The van der Waals surface area contributed by atoms with Crippen molar-refractivity contribution in [1.82, 2.24) is 6.15 Å². The van der Waals surface area contributed by atoms with E-state index in [1.165, 1.54) is 0 Å². The fraction of sp³-hybridized carbons (Fsp3) is 1.00. The molecule has 0 aromatic rings. The second-order valence-electron chi connectivity index (χ2n) is 1.11. The summed E-state index contributed by atoms with van der Waals surface area (Å²) in [5, 5.41) is 0. The van der Waals surface area contributed by atoms with Crippen LogP contribution in [0.15, 0.2) is 0 Å². The molecule has 0 aliphatic rings. The molecule has 0 saturated heterocycles. The van der Waals surface area contributed by atoms with Gasteiger partial charge in [0.2, 0.25) is 0 Å². The Morgan fingerprint density at radius 3 is 1.88 bits per heavy atom. The maximum atomic E-state index is 10.0. The summed E-state index contributed by atoms with van der Waals surface area (Å²) in [6, 6.07) is 0. The second-order valence-corrected chi connectivity index (χ2v) is 2.75. The molecule has 0 spiro atoms. The quantitative estimate of drug-likeness (QED) is 0.555. The molecule has 0 aliphatic carbocycles. The molecule has 52 valence electrons. The van der Waals surface area contributed by atoms with Gasteiger partial charge in [-0.05, 0) is 6.92 Å². The van der Waals surface area contributed by atoms with Crippen molar-refractivity contribution < 1.29 is 12.6 Å². The summed E-state index contributed by atoms with van der Waals surface area (Å²) < 4.78 is 24.2. The van der Waals surface area contributed by atoms with Gasteiger partial charge < -0.3 is 6.15 Å². The summed E-state index contributed by atoms with van der Waals surface area (Å²) >= 11 is 0. The number of hydrogen-bond acceptors (Lipinski definition) is 4. The van der Waals surface area contributed by atoms with E-state index < -0.39 is 10.1 Å². The first-order chi connectivity index (χ1) is 3.06. The highest BCUT2D eigenvalue weighted by atomic mass is 32.2. The highest BCUT2D eigenvalue weighted by Crippen LogP contribution is 1.81. The van der Waals surface area contributed by atoms with E-state index in [-0.39, 0.29) is 12.8 Å². The lowest BCUT2D eigenvalue weighted by atomic mass is 10.9. The second kappa shape index (κ2) is 3.82. The van der Waals surface area contributed by atoms with Crippen LogP contribution in [0.2, 0.25) is 0 Å². The zero-order chi connectivity index (χ0) is 5.91. The minimum absolute atomic E-state index is 0. The predicted molar refractivity (Wildman–Crippen MR) is 31.5 cm³/mol. The van der Waals surface area contributed by atoms with Crippen molar-refractivity contribution in [2.45, 2.75) is 6.92 Å². The van der Waals surface area contributed by atoms with E-state index in [9.17, 15) is 8.42 Å². The first-order valence-electron chi connectivity index (χ1n) is 1.90. The van der Waals surface area contributed by atoms with Crippen LogP contribution < -0.4 is 6.15 Å². The Hall–Kier alpha value is -0.130. The smallest absolute Gasteiger partial charge is 0.264 e. The molecule has 0 atom stereocenters. The molecule has 8 heavy (non-hydrogen) atoms. The molecule has 4 nitrogen and oxygen atoms in total. The van der Waals surface area contributed by atoms with Gasteiger partial charge in [-0.15, -0.1) is 0 Å². The van der Waals surface area contributed by atoms with Crippen molar-refractivity contribution in [3.05, 3.63) is 0 Å². The zero-order valence-corrected chi connectivity index (χ0v) is 5.86. The van der Waals surface area contributed by atoms with Gasteiger partial charge in [0.25, 0.3) is 10.1 Å². The topological polar surface area (TPSA) is 78.4 Å². The Bertz CT molecular complexity index is 127. The Kier molecular flexibility index (Phi) is 5.15. The lowest BCUT2D eigenvalue weighted by Crippen LogP contribution is -2.00. The SMILES string of the molecule is CCOS(C)(=O)=O.N. The minimum atomic E-state index is -3.17. The van der Waals surface area contributed by atoms with Crippen LogP contribution in [0.1, 0.15) is 6.92 Å². The van der Waals surface area contributed by atoms with Crippen molar-refractivity contribution >= 4 is 10.1 Å². The highest BCUT2D eigenvalue weighted by Gasteiger charge is 1.94. The molecule has 0 aliphatic heterocycles. The maximum Gasteiger partial charge on any atom is 0.264 e. The van der Waals surface area contributed by atoms with Crippen molar-refractivity contribution in [3.8, 4) is 0 Å². The van der Waals surface area contributed by atoms with Gasteiger partial charge in [-0.25, -0.2) is 0 Å². The first-order valence-corrected chi connectivity index (χ1v) is 3.72. The van der Waals surface area contributed by atoms with Crippen molar-refractivity contribution in [1.29, 1.82) is 0 Å². The largest absolute Gasteiger partial charge is 0.344 e. The first kappa shape index (κ1) is 10.8. The van der Waals surface area contributed by atoms with Crippen LogP contribution >= 0.6 is 0 Å². The van der Waals surface area contributed by atoms with Gasteiger partial charge in [0.15, 0.2) is 0 Å². The summed E-state index contributed by atoms with van der Waals surface area (Å²) in [7, 11) is -3.17. The van der Waals surface area contributed by atoms with E-state index in [1.54, 1.807) is 6.92 Å². The van der Waals surface area contributed by atoms with E-state index in [0.717, 1.165) is 6.26 Å². The molecule has 0 aromatic heterocycles. The lowest BCUT2D eigenvalue weighted by Gasteiger charge is -1.90. The molecule has 0 fully saturated rings. The average molecular weight is 141 g/mol. The molecular weight excluding hydrogens is 130 g/mol. The van der Waals surface area contributed by atoms with Crippen molar-refractivity contribution in [2.75, 3.05) is 12.9 Å². The van der Waals surface area contributed by atoms with Crippen LogP contribution in [0, 0.1) is 0 Å². The molecule has 0 amide bonds. The summed E-state index contributed by atoms with van der Waals surface area (Å²) in [6.07, 6.45) is 1.02. The van der Waals surface area contributed by atoms with Gasteiger partial charge in [0, 0.05) is 0 Å². The van der Waals surface area contributed by atoms with Gasteiger partial charge >= 0.3 is 0 Å². The van der Waals surface area contributed by atoms with Crippen LogP contribution in [0.25, 0.3) is 0 Å². The number of rotatable bonds is 2. The Labute approximate surface area is 49.6 Å². The molecule has 3 N–H and O–H groups in total. The summed E-state index contributed by atoms with van der Waals surface area (Å²) in [4.78, 5) is 0. The third-order valence-corrected chi connectivity index (χ3v) is 0.996. The van der Waals surface area contributed by atoms with Crippen LogP contribution in [0.3, 0.4) is 0 Å². The molecule has 0 aromatic carbocycles. The summed E-state index contributed by atoms with van der Waals surface area (Å²) in [6.45, 7) is 1.85. The summed E-state index contributed by atoms with van der Waals surface area (Å²) in [5.74, 6) is 0. The Morgan fingerprint density at radius 1 is 1.50 bits per heavy atom. The molecule has 0 radical (unpaired) electrons. The van der Waals surface area contributed by atoms with Gasteiger partial charge in [-0.3, -0.25) is 4.18 Å². The van der Waals surface area contributed by atoms with Crippen molar-refractivity contribution in [3.63, 3.8) is 0 Å². The molecule has 0 heterocycles. The van der Waals surface area contributed by atoms with Crippen LogP contribution in [0.5, 0.6) is 0 Å². The molecule has 0 unspecified atom stereocenters. The highest BCUT2D eigenvalue weighted by molar-refractivity contribution is 7.85. The summed E-state index contributed by atoms with van der Waals surface area (Å²) in [5.41, 5.74) is 0. The monoisotopic (exact) mass is 141 g/mol. The van der Waals surface area contributed by atoms with E-state index in [4.69, 9.17) is 0 Å². The van der Waals surface area contributed by atoms with Gasteiger partial charge in [-0.1, -0.05) is 0 Å². The Morgan fingerprint density at radius 2 is 1.88 bits per heavy atom. The third-order valence-electron chi connectivity index (χ3n) is 0.332. The maximum absolute atomic E-state index is 10.0. The fourth-order valence-electron chi connectivity index (χ4n) is 0.214. The molecule has 0 rings (SSSR count). The van der Waals surface area contributed by atoms with E-state index in [0.29, 0.717) is 0 Å². The van der Waals surface area contributed by atoms with E-state index in [1.807, 2.05) is 0 Å². The minimum Gasteiger partial charge on any atom is -0.344 e. The molecule has 0 saturated carbocycles. The third kappa shape index (κ3) is 9.30. The normalized spacial score (nSPS) is 10.2. The fourth-order valence-corrected chi connectivity index (χ4v) is 0.642. The van der Waals surface area contributed by atoms with Gasteiger partial charge in [0.05, 0.1) is 12.9 Å². The van der Waals surface area contributed by atoms with Gasteiger partial charge in [0.1, 0.15) is 0 Å². The van der Waals surface area contributed by atoms with E-state index in [2.05, 4.69) is 4.18 Å². The van der Waals surface area contributed by atoms with Gasteiger partial charge in [-0.2, -0.15) is 8.42 Å². The molecule has 5 heteroatoms. The standard InChI is InChI=1S/C3H8O3S.H3N/c1-3-6-7(2,4)5;/h3H2,1-2H3;1H3.